The van der Waals surface area contributed by atoms with Crippen LogP contribution in [0.3, 0.4) is 0 Å². The number of rotatable bonds is 5. The Bertz CT molecular complexity index is 976. The number of thioether (sulfide) groups is 1. The maximum Gasteiger partial charge on any atom is 0.233 e. The highest BCUT2D eigenvalue weighted by Gasteiger charge is 2.19. The number of nitrogens with zero attached hydrogens (tertiary/aromatic N) is 3. The number of likely N-dealkylation sites (tertiary alicyclic amines) is 1. The molecule has 0 N–H and O–H groups in total. The summed E-state index contributed by atoms with van der Waals surface area (Å²) in [4.78, 5) is 19.1. The van der Waals surface area contributed by atoms with Gasteiger partial charge >= 0.3 is 0 Å². The van der Waals surface area contributed by atoms with E-state index in [0.29, 0.717) is 5.75 Å². The molecule has 0 saturated carbocycles. The van der Waals surface area contributed by atoms with Gasteiger partial charge in [0.1, 0.15) is 5.82 Å². The summed E-state index contributed by atoms with van der Waals surface area (Å²) in [7, 11) is 0. The van der Waals surface area contributed by atoms with Gasteiger partial charge in [-0.3, -0.25) is 9.36 Å². The number of piperidine rings is 1. The van der Waals surface area contributed by atoms with E-state index in [-0.39, 0.29) is 11.7 Å². The number of carbonyl (C=O) groups excluding carboxylic acids is 1. The Labute approximate surface area is 174 Å². The Morgan fingerprint density at radius 2 is 1.72 bits per heavy atom. The minimum absolute atomic E-state index is 0.153. The third-order valence-corrected chi connectivity index (χ3v) is 6.13. The molecule has 1 fully saturated rings. The van der Waals surface area contributed by atoms with Crippen LogP contribution in [0.1, 0.15) is 24.8 Å². The second-order valence-corrected chi connectivity index (χ2v) is 8.28. The highest BCUT2D eigenvalue weighted by molar-refractivity contribution is 7.99. The molecule has 1 aromatic heterocycles. The lowest BCUT2D eigenvalue weighted by atomic mass is 10.1. The van der Waals surface area contributed by atoms with Gasteiger partial charge in [-0.25, -0.2) is 9.37 Å². The lowest BCUT2D eigenvalue weighted by molar-refractivity contribution is -0.129. The smallest absolute Gasteiger partial charge is 0.233 e. The van der Waals surface area contributed by atoms with Gasteiger partial charge in [0.25, 0.3) is 0 Å². The SMILES string of the molecule is Cc1ccc(-c2cnc(SCC(=O)N3CCCCC3)n2-c2ccc(F)cc2)cc1. The van der Waals surface area contributed by atoms with Crippen LogP contribution in [-0.2, 0) is 4.79 Å². The molecule has 1 amide bonds. The van der Waals surface area contributed by atoms with Gasteiger partial charge in [0.15, 0.2) is 5.16 Å². The van der Waals surface area contributed by atoms with Crippen LogP contribution >= 0.6 is 11.8 Å². The molecule has 1 saturated heterocycles. The zero-order valence-corrected chi connectivity index (χ0v) is 17.3. The van der Waals surface area contributed by atoms with Crippen molar-refractivity contribution in [2.75, 3.05) is 18.8 Å². The van der Waals surface area contributed by atoms with E-state index in [1.807, 2.05) is 15.7 Å². The summed E-state index contributed by atoms with van der Waals surface area (Å²) in [6.07, 6.45) is 5.18. The Kier molecular flexibility index (Phi) is 6.00. The second-order valence-electron chi connectivity index (χ2n) is 7.33. The van der Waals surface area contributed by atoms with E-state index >= 15 is 0 Å². The average Bonchev–Trinajstić information content (AvgIpc) is 3.17. The monoisotopic (exact) mass is 409 g/mol. The number of halogens is 1. The first-order valence-electron chi connectivity index (χ1n) is 9.93. The van der Waals surface area contributed by atoms with Crippen LogP contribution in [0, 0.1) is 12.7 Å². The summed E-state index contributed by atoms with van der Waals surface area (Å²) in [5.74, 6) is 0.228. The van der Waals surface area contributed by atoms with E-state index in [1.165, 1.54) is 35.9 Å². The molecular formula is C23H24FN3OS. The maximum absolute atomic E-state index is 13.5. The Morgan fingerprint density at radius 1 is 1.03 bits per heavy atom. The van der Waals surface area contributed by atoms with Crippen molar-refractivity contribution >= 4 is 17.7 Å². The van der Waals surface area contributed by atoms with Crippen LogP contribution in [0.25, 0.3) is 16.9 Å². The predicted octanol–water partition coefficient (Wildman–Crippen LogP) is 5.09. The van der Waals surface area contributed by atoms with Crippen molar-refractivity contribution in [3.63, 3.8) is 0 Å². The van der Waals surface area contributed by atoms with Gasteiger partial charge < -0.3 is 4.90 Å². The Hall–Kier alpha value is -2.60. The van der Waals surface area contributed by atoms with Crippen LogP contribution in [0.15, 0.2) is 59.9 Å². The van der Waals surface area contributed by atoms with Gasteiger partial charge in [0, 0.05) is 24.3 Å². The van der Waals surface area contributed by atoms with Gasteiger partial charge in [-0.15, -0.1) is 0 Å². The number of aromatic nitrogens is 2. The minimum atomic E-state index is -0.278. The third-order valence-electron chi connectivity index (χ3n) is 5.20. The molecule has 0 radical (unpaired) electrons. The normalized spacial score (nSPS) is 14.2. The lowest BCUT2D eigenvalue weighted by Gasteiger charge is -2.26. The van der Waals surface area contributed by atoms with Crippen LogP contribution in [-0.4, -0.2) is 39.2 Å². The van der Waals surface area contributed by atoms with Gasteiger partial charge in [-0.1, -0.05) is 41.6 Å². The molecule has 0 aliphatic carbocycles. The van der Waals surface area contributed by atoms with E-state index in [2.05, 4.69) is 36.2 Å². The van der Waals surface area contributed by atoms with Crippen molar-refractivity contribution in [2.24, 2.45) is 0 Å². The summed E-state index contributed by atoms with van der Waals surface area (Å²) < 4.78 is 15.5. The van der Waals surface area contributed by atoms with Crippen molar-refractivity contribution in [3.05, 3.63) is 66.1 Å². The molecule has 2 aromatic carbocycles. The molecule has 2 heterocycles. The van der Waals surface area contributed by atoms with Crippen LogP contribution in [0.4, 0.5) is 4.39 Å². The molecule has 29 heavy (non-hydrogen) atoms. The van der Waals surface area contributed by atoms with E-state index in [0.717, 1.165) is 48.0 Å². The number of imidazole rings is 1. The van der Waals surface area contributed by atoms with Gasteiger partial charge in [-0.05, 0) is 50.5 Å². The fourth-order valence-corrected chi connectivity index (χ4v) is 4.46. The summed E-state index contributed by atoms with van der Waals surface area (Å²) in [6, 6.07) is 14.6. The Morgan fingerprint density at radius 3 is 2.41 bits per heavy atom. The van der Waals surface area contributed by atoms with Crippen LogP contribution < -0.4 is 0 Å². The molecule has 0 spiro atoms. The highest BCUT2D eigenvalue weighted by atomic mass is 32.2. The summed E-state index contributed by atoms with van der Waals surface area (Å²) >= 11 is 1.43. The quantitative estimate of drug-likeness (QED) is 0.551. The molecule has 4 nitrogen and oxygen atoms in total. The third kappa shape index (κ3) is 4.53. The van der Waals surface area contributed by atoms with Crippen molar-refractivity contribution < 1.29 is 9.18 Å². The highest BCUT2D eigenvalue weighted by Crippen LogP contribution is 2.30. The van der Waals surface area contributed by atoms with E-state index < -0.39 is 0 Å². The minimum Gasteiger partial charge on any atom is -0.342 e. The molecule has 1 aliphatic rings. The molecule has 6 heteroatoms. The largest absolute Gasteiger partial charge is 0.342 e. The summed E-state index contributed by atoms with van der Waals surface area (Å²) in [5, 5.41) is 0.734. The van der Waals surface area contributed by atoms with Crippen LogP contribution in [0.2, 0.25) is 0 Å². The van der Waals surface area contributed by atoms with Gasteiger partial charge in [-0.2, -0.15) is 0 Å². The van der Waals surface area contributed by atoms with Crippen molar-refractivity contribution in [1.82, 2.24) is 14.5 Å². The molecule has 0 bridgehead atoms. The first-order chi connectivity index (χ1) is 14.1. The van der Waals surface area contributed by atoms with E-state index in [4.69, 9.17) is 0 Å². The number of hydrogen-bond donors (Lipinski definition) is 0. The second kappa shape index (κ2) is 8.82. The number of carbonyl (C=O) groups is 1. The molecule has 1 aliphatic heterocycles. The van der Waals surface area contributed by atoms with E-state index in [1.54, 1.807) is 12.1 Å². The summed E-state index contributed by atoms with van der Waals surface area (Å²) in [6.45, 7) is 3.75. The molecule has 0 unspecified atom stereocenters. The first-order valence-corrected chi connectivity index (χ1v) is 10.9. The number of hydrogen-bond acceptors (Lipinski definition) is 3. The zero-order chi connectivity index (χ0) is 20.2. The standard InChI is InChI=1S/C23H24FN3OS/c1-17-5-7-18(8-6-17)21-15-25-23(27(21)20-11-9-19(24)10-12-20)29-16-22(28)26-13-3-2-4-14-26/h5-12,15H,2-4,13-14,16H2,1H3. The fourth-order valence-electron chi connectivity index (χ4n) is 3.57. The lowest BCUT2D eigenvalue weighted by Crippen LogP contribution is -2.36. The van der Waals surface area contributed by atoms with E-state index in [9.17, 15) is 9.18 Å². The molecule has 150 valence electrons. The van der Waals surface area contributed by atoms with Crippen molar-refractivity contribution in [2.45, 2.75) is 31.3 Å². The topological polar surface area (TPSA) is 38.1 Å². The molecule has 4 rings (SSSR count). The summed E-state index contributed by atoms with van der Waals surface area (Å²) in [5.41, 5.74) is 3.96. The average molecular weight is 410 g/mol. The maximum atomic E-state index is 13.5. The molecule has 3 aromatic rings. The Balaban J connectivity index is 1.63. The van der Waals surface area contributed by atoms with Crippen molar-refractivity contribution in [1.29, 1.82) is 0 Å². The number of aryl methyl sites for hydroxylation is 1. The van der Waals surface area contributed by atoms with Crippen molar-refractivity contribution in [3.8, 4) is 16.9 Å². The molecular weight excluding hydrogens is 385 g/mol. The predicted molar refractivity (Wildman–Crippen MR) is 115 cm³/mol. The number of amides is 1. The van der Waals surface area contributed by atoms with Gasteiger partial charge in [0.05, 0.1) is 17.6 Å². The first kappa shape index (κ1) is 19.7. The fraction of sp³-hybridized carbons (Fsp3) is 0.304. The zero-order valence-electron chi connectivity index (χ0n) is 16.5. The van der Waals surface area contributed by atoms with Gasteiger partial charge in [0.2, 0.25) is 5.91 Å². The van der Waals surface area contributed by atoms with Crippen LogP contribution in [0.5, 0.6) is 0 Å². The molecule has 0 atom stereocenters. The number of benzene rings is 2.